The largest absolute Gasteiger partial charge is 0.496 e. The van der Waals surface area contributed by atoms with Crippen molar-refractivity contribution in [3.63, 3.8) is 0 Å². The Kier molecular flexibility index (Phi) is 38.4. The second-order valence-electron chi connectivity index (χ2n) is 42.6. The highest BCUT2D eigenvalue weighted by Crippen LogP contribution is 2.44. The van der Waals surface area contributed by atoms with Gasteiger partial charge in [-0.25, -0.2) is 32.1 Å². The SMILES string of the molecule is CC1=C(C)C2C=CC(CC(=O)C[C@@H]3CCCC[C@H]3CN3CCC[C@@H](Cc4ccc(F)cc4)C3)=CC2C1.COc1ccccc1CCNCC(c1ccc(C(C)(C)C)cc1)N1CCN(c2ccccc2)CC1.Cc1ccc(F)cc1NC(=O)N[C@@H]1CCCC[C@H]1CN1CCC[C@@H](Cc2ccc(F)cc2)C1.O=C(Nc1nc2c(Cl)cccc2s1)N[C@@H]1CCCC[C@H]1CN1CCC[C@@H](Cc2ccc(F)cc2)C1. The number of piperazine rings is 1. The number of carbonyl (C=O) groups excluding carboxylic acids is 3. The van der Waals surface area contributed by atoms with Gasteiger partial charge in [0.1, 0.15) is 40.3 Å². The summed E-state index contributed by atoms with van der Waals surface area (Å²) in [5, 5.41) is 17.1. The van der Waals surface area contributed by atoms with Crippen molar-refractivity contribution in [3.8, 4) is 5.75 Å². The quantitative estimate of drug-likeness (QED) is 0.0173. The van der Waals surface area contributed by atoms with Crippen LogP contribution in [0.1, 0.15) is 214 Å². The molecule has 9 aliphatic rings. The van der Waals surface area contributed by atoms with E-state index in [1.165, 1.54) is 163 Å². The Labute approximate surface area is 835 Å². The number of anilines is 3. The van der Waals surface area contributed by atoms with Crippen LogP contribution in [0.4, 0.5) is 43.7 Å². The van der Waals surface area contributed by atoms with Crippen LogP contribution >= 0.6 is 22.9 Å². The molecule has 5 N–H and O–H groups in total. The molecule has 4 amide bonds. The van der Waals surface area contributed by atoms with Crippen molar-refractivity contribution in [3.05, 3.63) is 290 Å². The van der Waals surface area contributed by atoms with Crippen molar-refractivity contribution < 1.29 is 36.7 Å². The summed E-state index contributed by atoms with van der Waals surface area (Å²) in [4.78, 5) is 56.2. The molecular formula is C118H152ClF4N11O4S. The topological polar surface area (TPSA) is 150 Å². The van der Waals surface area contributed by atoms with Crippen LogP contribution in [0.5, 0.6) is 5.75 Å². The van der Waals surface area contributed by atoms with E-state index in [4.69, 9.17) is 16.3 Å². The molecule has 4 aliphatic heterocycles. The van der Waals surface area contributed by atoms with E-state index < -0.39 is 0 Å². The van der Waals surface area contributed by atoms with E-state index in [1.807, 2.05) is 73.7 Å². The maximum absolute atomic E-state index is 13.6. The van der Waals surface area contributed by atoms with Crippen LogP contribution in [0.25, 0.3) is 10.2 Å². The predicted molar refractivity (Wildman–Crippen MR) is 564 cm³/mol. The fourth-order valence-electron chi connectivity index (χ4n) is 23.6. The van der Waals surface area contributed by atoms with Crippen molar-refractivity contribution in [2.45, 2.75) is 226 Å². The van der Waals surface area contributed by atoms with E-state index in [0.717, 1.165) is 190 Å². The number of nitrogens with one attached hydrogen (secondary N) is 5. The third kappa shape index (κ3) is 31.0. The second-order valence-corrected chi connectivity index (χ2v) is 44.0. The van der Waals surface area contributed by atoms with Gasteiger partial charge in [-0.05, 0) is 332 Å². The third-order valence-electron chi connectivity index (χ3n) is 31.3. The highest BCUT2D eigenvalue weighted by molar-refractivity contribution is 7.22. The van der Waals surface area contributed by atoms with Gasteiger partial charge in [0.25, 0.3) is 0 Å². The maximum atomic E-state index is 13.6. The number of piperidine rings is 3. The van der Waals surface area contributed by atoms with Crippen LogP contribution in [0, 0.1) is 83.5 Å². The zero-order valence-electron chi connectivity index (χ0n) is 83.5. The Morgan fingerprint density at radius 1 is 0.540 bits per heavy atom. The van der Waals surface area contributed by atoms with E-state index in [1.54, 1.807) is 49.6 Å². The number of carbonyl (C=O) groups is 3. The Bertz CT molecular complexity index is 5490. The van der Waals surface area contributed by atoms with Gasteiger partial charge in [-0.15, -0.1) is 0 Å². The minimum absolute atomic E-state index is 0.130. The molecule has 4 saturated heterocycles. The van der Waals surface area contributed by atoms with Gasteiger partial charge in [0.2, 0.25) is 0 Å². The summed E-state index contributed by atoms with van der Waals surface area (Å²) in [6.07, 6.45) is 34.8. The van der Waals surface area contributed by atoms with Gasteiger partial charge >= 0.3 is 12.1 Å². The molecule has 744 valence electrons. The highest BCUT2D eigenvalue weighted by atomic mass is 35.5. The molecule has 7 fully saturated rings. The molecule has 0 bridgehead atoms. The fraction of sp³-hybridized carbons (Fsp3) is 0.508. The Hall–Kier alpha value is -9.51. The lowest BCUT2D eigenvalue weighted by atomic mass is 9.75. The first-order valence-corrected chi connectivity index (χ1v) is 53.5. The summed E-state index contributed by atoms with van der Waals surface area (Å²) in [6, 6.07) is 59.6. The smallest absolute Gasteiger partial charge is 0.321 e. The standard InChI is InChI=1S/C33H44FNO.C31H41N3O.C27H32ClFN4OS.C27H35F2N3O/c1-23-16-30-18-26(11-14-33(30)24(23)2)19-32(36)20-28-7-3-4-8-29(28)22-35-15-5-6-27(21-35)17-25-9-12-31(34)13-10-25;1-31(2,3)27-16-14-25(15-17-27)29(24-32-19-18-26-10-8-9-13-30(26)35-4)34-22-20-33(21-23-34)28-11-6-5-7-12-28;28-22-7-3-9-24-25(22)31-27(35-24)32-26(34)30-23-8-2-1-6-20(23)17-33-14-4-5-19(16-33)15-18-10-12-21(29)13-11-18;1-19-8-11-24(29)16-26(19)31-27(33)30-25-7-3-2-6-22(25)18-32-14-4-5-21(17-32)15-20-9-12-23(28)13-10-20/h9-14,18,27-30,33H,3-8,15-17,19-22H2,1-2H3;5-17,29,32H,18-24H2,1-4H3;3,7,9-13,19-20,23H,1-2,4-6,8,14-17H2,(H2,30,31,32,34);8-13,16,21-22,25H,2-7,14-15,17-18H2,1H3,(H2,30,31,33)/t27-,28-,29-,30?,33?;;19-,20-,23+;21-,22-,25+/m0.00/s1. The third-order valence-corrected chi connectivity index (χ3v) is 32.5. The molecule has 139 heavy (non-hydrogen) atoms. The average Bonchev–Trinajstić information content (AvgIpc) is 1.70. The number of ether oxygens (including phenoxy) is 1. The lowest BCUT2D eigenvalue weighted by Crippen LogP contribution is -2.49. The lowest BCUT2D eigenvalue weighted by molar-refractivity contribution is -0.120. The Morgan fingerprint density at radius 3 is 1.61 bits per heavy atom. The number of rotatable bonds is 29. The van der Waals surface area contributed by atoms with Gasteiger partial charge in [0.15, 0.2) is 5.13 Å². The first-order chi connectivity index (χ1) is 67.4. The highest BCUT2D eigenvalue weighted by Gasteiger charge is 2.37. The van der Waals surface area contributed by atoms with E-state index in [2.05, 4.69) is 176 Å². The molecular weight excluding hydrogens is 1780 g/mol. The zero-order valence-corrected chi connectivity index (χ0v) is 85.0. The molecule has 12 atom stereocenters. The van der Waals surface area contributed by atoms with Crippen LogP contribution in [-0.4, -0.2) is 160 Å². The molecule has 3 unspecified atom stereocenters. The summed E-state index contributed by atoms with van der Waals surface area (Å²) >= 11 is 7.67. The van der Waals surface area contributed by atoms with Gasteiger partial charge in [-0.3, -0.25) is 15.0 Å². The van der Waals surface area contributed by atoms with Gasteiger partial charge in [0, 0.05) is 120 Å². The maximum Gasteiger partial charge on any atom is 0.321 e. The Morgan fingerprint density at radius 2 is 1.06 bits per heavy atom. The Balaban J connectivity index is 0.000000140. The number of urea groups is 2. The van der Waals surface area contributed by atoms with E-state index >= 15 is 0 Å². The summed E-state index contributed by atoms with van der Waals surface area (Å²) < 4.78 is 59.8. The molecule has 9 aromatic rings. The van der Waals surface area contributed by atoms with Crippen molar-refractivity contribution in [2.24, 2.45) is 53.3 Å². The molecule has 15 nitrogen and oxygen atoms in total. The predicted octanol–water partition coefficient (Wildman–Crippen LogP) is 26.0. The van der Waals surface area contributed by atoms with Crippen LogP contribution in [0.15, 0.2) is 223 Å². The lowest BCUT2D eigenvalue weighted by Gasteiger charge is -2.40. The minimum Gasteiger partial charge on any atom is -0.496 e. The molecule has 0 radical (unpaired) electrons. The molecule has 5 aliphatic carbocycles. The number of Topliss-reactive ketones (excluding diaryl/α,β-unsaturated/α-hetero) is 1. The first kappa shape index (κ1) is 104. The number of aryl methyl sites for hydroxylation is 1. The summed E-state index contributed by atoms with van der Waals surface area (Å²) in [5.74, 6) is 5.57. The van der Waals surface area contributed by atoms with Crippen LogP contribution in [0.2, 0.25) is 5.02 Å². The van der Waals surface area contributed by atoms with Crippen LogP contribution in [0.3, 0.4) is 0 Å². The van der Waals surface area contributed by atoms with Crippen LogP contribution < -0.4 is 36.2 Å². The molecule has 1 aromatic heterocycles. The van der Waals surface area contributed by atoms with E-state index in [-0.39, 0.29) is 52.8 Å². The number of allylic oxidation sites excluding steroid dienone is 6. The van der Waals surface area contributed by atoms with Gasteiger partial charge in [0.05, 0.1) is 16.8 Å². The number of fused-ring (bicyclic) bond motifs is 2. The molecule has 8 aromatic carbocycles. The van der Waals surface area contributed by atoms with Crippen molar-refractivity contribution >= 4 is 67.5 Å². The van der Waals surface area contributed by atoms with Crippen LogP contribution in [-0.2, 0) is 35.9 Å². The summed E-state index contributed by atoms with van der Waals surface area (Å²) in [6.45, 7) is 29.1. The number of thiazole rings is 1. The zero-order chi connectivity index (χ0) is 97.2. The van der Waals surface area contributed by atoms with E-state index in [9.17, 15) is 31.9 Å². The number of halogens is 5. The minimum atomic E-state index is -0.355. The number of para-hydroxylation sites is 3. The van der Waals surface area contributed by atoms with Crippen molar-refractivity contribution in [1.82, 2.24) is 40.5 Å². The number of nitrogens with zero attached hydrogens (tertiary/aromatic N) is 6. The molecule has 3 saturated carbocycles. The number of aromatic nitrogens is 1. The van der Waals surface area contributed by atoms with Crippen molar-refractivity contribution in [2.75, 3.05) is 121 Å². The number of methoxy groups -OCH3 is 1. The number of hydrogen-bond donors (Lipinski definition) is 5. The number of hydrogen-bond acceptors (Lipinski definition) is 12. The molecule has 5 heterocycles. The van der Waals surface area contributed by atoms with Crippen molar-refractivity contribution in [1.29, 1.82) is 0 Å². The average molecular weight is 1930 g/mol. The normalized spacial score (nSPS) is 23.5. The van der Waals surface area contributed by atoms with Gasteiger partial charge < -0.3 is 45.6 Å². The molecule has 21 heteroatoms. The molecule has 18 rings (SSSR count). The fourth-order valence-corrected chi connectivity index (χ4v) is 24.7. The first-order valence-electron chi connectivity index (χ1n) is 52.3. The summed E-state index contributed by atoms with van der Waals surface area (Å²) in [7, 11) is 1.75. The van der Waals surface area contributed by atoms with Gasteiger partial charge in [-0.1, -0.05) is 221 Å². The monoisotopic (exact) mass is 1930 g/mol. The van der Waals surface area contributed by atoms with E-state index in [0.29, 0.717) is 87.3 Å². The number of benzene rings is 8. The molecule has 0 spiro atoms. The van der Waals surface area contributed by atoms with Gasteiger partial charge in [-0.2, -0.15) is 0 Å². The number of likely N-dealkylation sites (tertiary alicyclic amines) is 3. The summed E-state index contributed by atoms with van der Waals surface area (Å²) in [5.41, 5.74) is 15.6. The number of amides is 4. The number of ketones is 1. The second kappa shape index (κ2) is 51.4.